The van der Waals surface area contributed by atoms with Crippen LogP contribution in [0.3, 0.4) is 0 Å². The van der Waals surface area contributed by atoms with Crippen LogP contribution in [0, 0.1) is 5.41 Å². The second-order valence-electron chi connectivity index (χ2n) is 3.08. The van der Waals surface area contributed by atoms with Gasteiger partial charge in [-0.15, -0.1) is 11.3 Å². The first kappa shape index (κ1) is 11.4. The molecule has 3 nitrogen and oxygen atoms in total. The molecule has 0 saturated carbocycles. The first-order valence-corrected chi connectivity index (χ1v) is 5.97. The number of nitrogens with zero attached hydrogens (tertiary/aromatic N) is 1. The molecule has 0 bridgehead atoms. The zero-order valence-corrected chi connectivity index (χ0v) is 10.3. The summed E-state index contributed by atoms with van der Waals surface area (Å²) in [4.78, 5) is 4.21. The molecule has 0 aliphatic rings. The highest BCUT2D eigenvalue weighted by molar-refractivity contribution is 7.13. The largest absolute Gasteiger partial charge is 0.382 e. The molecule has 0 unspecified atom stereocenters. The Hall–Kier alpha value is -1.10. The Balaban J connectivity index is 2.46. The third-order valence-corrected chi connectivity index (χ3v) is 3.37. The molecule has 2 rings (SSSR count). The monoisotopic (exact) mass is 271 g/mol. The van der Waals surface area contributed by atoms with Crippen molar-refractivity contribution in [3.63, 3.8) is 0 Å². The number of thiazole rings is 1. The number of amidine groups is 1. The summed E-state index contributed by atoms with van der Waals surface area (Å²) in [5.41, 5.74) is 6.60. The van der Waals surface area contributed by atoms with Crippen molar-refractivity contribution in [3.05, 3.63) is 39.3 Å². The van der Waals surface area contributed by atoms with E-state index in [4.69, 9.17) is 34.3 Å². The molecule has 2 aromatic rings. The molecule has 1 aromatic carbocycles. The molecule has 0 saturated heterocycles. The molecule has 0 amide bonds. The molecule has 3 N–H and O–H groups in total. The van der Waals surface area contributed by atoms with Gasteiger partial charge < -0.3 is 5.73 Å². The zero-order valence-electron chi connectivity index (χ0n) is 8.00. The topological polar surface area (TPSA) is 62.8 Å². The normalized spacial score (nSPS) is 10.4. The van der Waals surface area contributed by atoms with Gasteiger partial charge in [-0.2, -0.15) is 0 Å². The molecule has 0 radical (unpaired) electrons. The van der Waals surface area contributed by atoms with Gasteiger partial charge in [-0.3, -0.25) is 5.41 Å². The third kappa shape index (κ3) is 2.19. The van der Waals surface area contributed by atoms with E-state index in [1.807, 2.05) is 0 Å². The average Bonchev–Trinajstić information content (AvgIpc) is 2.66. The van der Waals surface area contributed by atoms with Crippen LogP contribution in [0.15, 0.2) is 23.6 Å². The van der Waals surface area contributed by atoms with Gasteiger partial charge in [-0.1, -0.05) is 23.2 Å². The summed E-state index contributed by atoms with van der Waals surface area (Å²) < 4.78 is 0. The highest BCUT2D eigenvalue weighted by Gasteiger charge is 2.10. The van der Waals surface area contributed by atoms with Gasteiger partial charge in [0.2, 0.25) is 0 Å². The quantitative estimate of drug-likeness (QED) is 0.650. The van der Waals surface area contributed by atoms with Crippen LogP contribution in [-0.2, 0) is 0 Å². The summed E-state index contributed by atoms with van der Waals surface area (Å²) in [6, 6.07) is 5.21. The van der Waals surface area contributed by atoms with E-state index in [0.717, 1.165) is 10.6 Å². The lowest BCUT2D eigenvalue weighted by molar-refractivity contribution is 1.32. The van der Waals surface area contributed by atoms with Crippen LogP contribution in [-0.4, -0.2) is 10.8 Å². The SMILES string of the molecule is N=C(N)c1csc(-c2ccc(Cl)cc2Cl)n1. The van der Waals surface area contributed by atoms with Crippen molar-refractivity contribution >= 4 is 40.4 Å². The van der Waals surface area contributed by atoms with Gasteiger partial charge in [0.05, 0.1) is 5.02 Å². The number of benzene rings is 1. The third-order valence-electron chi connectivity index (χ3n) is 1.94. The van der Waals surface area contributed by atoms with Gasteiger partial charge >= 0.3 is 0 Å². The van der Waals surface area contributed by atoms with E-state index in [1.165, 1.54) is 11.3 Å². The number of hydrogen-bond acceptors (Lipinski definition) is 3. The van der Waals surface area contributed by atoms with Crippen molar-refractivity contribution < 1.29 is 0 Å². The number of rotatable bonds is 2. The summed E-state index contributed by atoms with van der Waals surface area (Å²) in [5, 5.41) is 10.8. The van der Waals surface area contributed by atoms with Crippen molar-refractivity contribution in [1.29, 1.82) is 5.41 Å². The number of nitrogens with one attached hydrogen (secondary N) is 1. The van der Waals surface area contributed by atoms with Gasteiger partial charge in [-0.25, -0.2) is 4.98 Å². The summed E-state index contributed by atoms with van der Waals surface area (Å²) >= 11 is 13.2. The minimum atomic E-state index is -0.0485. The molecule has 6 heteroatoms. The van der Waals surface area contributed by atoms with Crippen molar-refractivity contribution in [2.24, 2.45) is 5.73 Å². The average molecular weight is 272 g/mol. The second kappa shape index (κ2) is 4.41. The lowest BCUT2D eigenvalue weighted by Gasteiger charge is -2.00. The Morgan fingerprint density at radius 2 is 2.12 bits per heavy atom. The smallest absolute Gasteiger partial charge is 0.142 e. The number of hydrogen-bond donors (Lipinski definition) is 2. The molecule has 1 aromatic heterocycles. The van der Waals surface area contributed by atoms with Crippen molar-refractivity contribution in [3.8, 4) is 10.6 Å². The highest BCUT2D eigenvalue weighted by Crippen LogP contribution is 2.32. The first-order chi connectivity index (χ1) is 7.58. The van der Waals surface area contributed by atoms with Crippen LogP contribution in [0.4, 0.5) is 0 Å². The lowest BCUT2D eigenvalue weighted by atomic mass is 10.2. The Morgan fingerprint density at radius 1 is 1.38 bits per heavy atom. The molecule has 1 heterocycles. The van der Waals surface area contributed by atoms with Crippen molar-refractivity contribution in [2.75, 3.05) is 0 Å². The fourth-order valence-corrected chi connectivity index (χ4v) is 2.60. The fourth-order valence-electron chi connectivity index (χ4n) is 1.18. The lowest BCUT2D eigenvalue weighted by Crippen LogP contribution is -2.11. The number of aromatic nitrogens is 1. The second-order valence-corrected chi connectivity index (χ2v) is 4.78. The molecule has 0 spiro atoms. The van der Waals surface area contributed by atoms with Crippen molar-refractivity contribution in [2.45, 2.75) is 0 Å². The summed E-state index contributed by atoms with van der Waals surface area (Å²) in [7, 11) is 0. The van der Waals surface area contributed by atoms with E-state index in [9.17, 15) is 0 Å². The Kier molecular flexibility index (Phi) is 3.14. The number of halogens is 2. The minimum absolute atomic E-state index is 0.0485. The van der Waals surface area contributed by atoms with E-state index < -0.39 is 0 Å². The number of nitrogen functional groups attached to an aromatic ring is 1. The predicted molar refractivity (Wildman–Crippen MR) is 68.6 cm³/mol. The summed E-state index contributed by atoms with van der Waals surface area (Å²) in [5.74, 6) is -0.0485. The Labute approximate surface area is 106 Å². The van der Waals surface area contributed by atoms with E-state index in [1.54, 1.807) is 23.6 Å². The van der Waals surface area contributed by atoms with Crippen LogP contribution in [0.1, 0.15) is 5.69 Å². The molecule has 0 fully saturated rings. The minimum Gasteiger partial charge on any atom is -0.382 e. The van der Waals surface area contributed by atoms with Crippen molar-refractivity contribution in [1.82, 2.24) is 4.98 Å². The van der Waals surface area contributed by atoms with Crippen LogP contribution in [0.5, 0.6) is 0 Å². The predicted octanol–water partition coefficient (Wildman–Crippen LogP) is 3.40. The summed E-state index contributed by atoms with van der Waals surface area (Å²) in [6.45, 7) is 0. The molecule has 16 heavy (non-hydrogen) atoms. The van der Waals surface area contributed by atoms with Crippen LogP contribution in [0.25, 0.3) is 10.6 Å². The number of nitrogens with two attached hydrogens (primary N) is 1. The summed E-state index contributed by atoms with van der Waals surface area (Å²) in [6.07, 6.45) is 0. The molecular formula is C10H7Cl2N3S. The van der Waals surface area contributed by atoms with E-state index in [0.29, 0.717) is 15.7 Å². The van der Waals surface area contributed by atoms with Crippen LogP contribution in [0.2, 0.25) is 10.0 Å². The Bertz CT molecular complexity index is 551. The fraction of sp³-hybridized carbons (Fsp3) is 0. The van der Waals surface area contributed by atoms with E-state index in [-0.39, 0.29) is 5.84 Å². The van der Waals surface area contributed by atoms with Gasteiger partial charge in [-0.05, 0) is 18.2 Å². The standard InChI is InChI=1S/C10H7Cl2N3S/c11-5-1-2-6(7(12)3-5)10-15-8(4-16-10)9(13)14/h1-4H,(H3,13,14). The molecule has 0 atom stereocenters. The highest BCUT2D eigenvalue weighted by atomic mass is 35.5. The van der Waals surface area contributed by atoms with Gasteiger partial charge in [0.1, 0.15) is 16.5 Å². The molecular weight excluding hydrogens is 265 g/mol. The Morgan fingerprint density at radius 3 is 2.69 bits per heavy atom. The van der Waals surface area contributed by atoms with Crippen LogP contribution >= 0.6 is 34.5 Å². The van der Waals surface area contributed by atoms with Crippen LogP contribution < -0.4 is 5.73 Å². The zero-order chi connectivity index (χ0) is 11.7. The van der Waals surface area contributed by atoms with E-state index >= 15 is 0 Å². The first-order valence-electron chi connectivity index (χ1n) is 4.33. The van der Waals surface area contributed by atoms with Gasteiger partial charge in [0, 0.05) is 16.0 Å². The molecule has 82 valence electrons. The molecule has 0 aliphatic heterocycles. The maximum absolute atomic E-state index is 7.27. The maximum Gasteiger partial charge on any atom is 0.142 e. The molecule has 0 aliphatic carbocycles. The van der Waals surface area contributed by atoms with E-state index in [2.05, 4.69) is 4.98 Å². The van der Waals surface area contributed by atoms with Gasteiger partial charge in [0.15, 0.2) is 0 Å². The van der Waals surface area contributed by atoms with Gasteiger partial charge in [0.25, 0.3) is 0 Å². The maximum atomic E-state index is 7.27.